The average molecular weight is 276 g/mol. The molecule has 0 saturated heterocycles. The molecule has 8 nitrogen and oxygen atoms in total. The fourth-order valence-corrected chi connectivity index (χ4v) is 1.35. The van der Waals surface area contributed by atoms with Gasteiger partial charge < -0.3 is 19.7 Å². The van der Waals surface area contributed by atoms with E-state index < -0.39 is 42.3 Å². The van der Waals surface area contributed by atoms with Gasteiger partial charge in [-0.3, -0.25) is 14.4 Å². The maximum atomic E-state index is 11.4. The second-order valence-electron chi connectivity index (χ2n) is 3.86. The Morgan fingerprint density at radius 3 is 2.05 bits per heavy atom. The number of hydrogen-bond donors (Lipinski definition) is 2. The number of aliphatic carboxylic acids is 2. The molecule has 0 heterocycles. The van der Waals surface area contributed by atoms with Crippen LogP contribution in [0.4, 0.5) is 0 Å². The molecule has 0 aliphatic heterocycles. The first-order valence-electron chi connectivity index (χ1n) is 5.54. The van der Waals surface area contributed by atoms with Gasteiger partial charge in [-0.25, -0.2) is 4.79 Å². The highest BCUT2D eigenvalue weighted by molar-refractivity contribution is 5.90. The first kappa shape index (κ1) is 16.9. The van der Waals surface area contributed by atoms with E-state index >= 15 is 0 Å². The summed E-state index contributed by atoms with van der Waals surface area (Å²) in [6.07, 6.45) is -1.35. The van der Waals surface area contributed by atoms with Crippen molar-refractivity contribution in [1.82, 2.24) is 0 Å². The second kappa shape index (κ2) is 7.34. The number of carbonyl (C=O) groups excluding carboxylic acids is 2. The van der Waals surface area contributed by atoms with Crippen LogP contribution in [0.15, 0.2) is 0 Å². The Kier molecular flexibility index (Phi) is 6.53. The predicted octanol–water partition coefficient (Wildman–Crippen LogP) is 0.191. The Morgan fingerprint density at radius 2 is 1.68 bits per heavy atom. The Labute approximate surface area is 109 Å². The summed E-state index contributed by atoms with van der Waals surface area (Å²) in [4.78, 5) is 44.2. The van der Waals surface area contributed by atoms with Gasteiger partial charge in [0.2, 0.25) is 5.60 Å². The van der Waals surface area contributed by atoms with E-state index in [2.05, 4.69) is 9.47 Å². The molecular weight excluding hydrogens is 260 g/mol. The van der Waals surface area contributed by atoms with E-state index in [4.69, 9.17) is 10.2 Å². The average Bonchev–Trinajstić information content (AvgIpc) is 2.23. The lowest BCUT2D eigenvalue weighted by Crippen LogP contribution is -2.47. The summed E-state index contributed by atoms with van der Waals surface area (Å²) in [6.45, 7) is 2.74. The van der Waals surface area contributed by atoms with Crippen LogP contribution in [-0.4, -0.2) is 46.3 Å². The smallest absolute Gasteiger partial charge is 0.349 e. The van der Waals surface area contributed by atoms with Crippen LogP contribution in [0, 0.1) is 0 Å². The van der Waals surface area contributed by atoms with Crippen LogP contribution in [-0.2, 0) is 28.7 Å². The zero-order valence-electron chi connectivity index (χ0n) is 10.7. The van der Waals surface area contributed by atoms with E-state index in [1.54, 1.807) is 6.92 Å². The number of hydrogen-bond acceptors (Lipinski definition) is 6. The summed E-state index contributed by atoms with van der Waals surface area (Å²) in [5, 5.41) is 17.7. The Morgan fingerprint density at radius 1 is 1.11 bits per heavy atom. The van der Waals surface area contributed by atoms with Gasteiger partial charge in [-0.2, -0.15) is 0 Å². The van der Waals surface area contributed by atoms with Crippen molar-refractivity contribution in [2.24, 2.45) is 0 Å². The third kappa shape index (κ3) is 5.84. The van der Waals surface area contributed by atoms with Gasteiger partial charge in [0.15, 0.2) is 0 Å². The maximum Gasteiger partial charge on any atom is 0.349 e. The molecule has 8 heteroatoms. The van der Waals surface area contributed by atoms with Crippen molar-refractivity contribution in [3.8, 4) is 0 Å². The molecule has 0 rings (SSSR count). The van der Waals surface area contributed by atoms with Crippen molar-refractivity contribution in [2.45, 2.75) is 38.7 Å². The fraction of sp³-hybridized carbons (Fsp3) is 0.636. The topological polar surface area (TPSA) is 127 Å². The highest BCUT2D eigenvalue weighted by atomic mass is 16.6. The lowest BCUT2D eigenvalue weighted by Gasteiger charge is -2.26. The third-order valence-corrected chi connectivity index (χ3v) is 2.06. The molecule has 0 fully saturated rings. The van der Waals surface area contributed by atoms with Crippen molar-refractivity contribution >= 4 is 23.9 Å². The number of carbonyl (C=O) groups is 4. The SMILES string of the molecule is CCCOC(=O)CC(CC(=O)O)(OC(C)=O)C(=O)O. The Hall–Kier alpha value is -2.12. The second-order valence-corrected chi connectivity index (χ2v) is 3.86. The normalized spacial score (nSPS) is 13.2. The molecule has 2 N–H and O–H groups in total. The van der Waals surface area contributed by atoms with Gasteiger partial charge in [-0.05, 0) is 6.42 Å². The van der Waals surface area contributed by atoms with Gasteiger partial charge in [0.1, 0.15) is 0 Å². The minimum Gasteiger partial charge on any atom is -0.481 e. The van der Waals surface area contributed by atoms with Crippen LogP contribution in [0.3, 0.4) is 0 Å². The zero-order valence-corrected chi connectivity index (χ0v) is 10.7. The van der Waals surface area contributed by atoms with E-state index in [1.165, 1.54) is 0 Å². The van der Waals surface area contributed by atoms with Crippen LogP contribution in [0.2, 0.25) is 0 Å². The summed E-state index contributed by atoms with van der Waals surface area (Å²) >= 11 is 0. The molecule has 0 spiro atoms. The first-order chi connectivity index (χ1) is 8.73. The monoisotopic (exact) mass is 276 g/mol. The number of rotatable bonds is 8. The van der Waals surface area contributed by atoms with Crippen molar-refractivity contribution < 1.29 is 38.9 Å². The quantitative estimate of drug-likeness (QED) is 0.601. The number of esters is 2. The number of carboxylic acids is 2. The minimum absolute atomic E-state index is 0.0711. The van der Waals surface area contributed by atoms with Crippen LogP contribution < -0.4 is 0 Å². The summed E-state index contributed by atoms with van der Waals surface area (Å²) < 4.78 is 9.21. The van der Waals surface area contributed by atoms with Gasteiger partial charge >= 0.3 is 23.9 Å². The molecule has 0 amide bonds. The Balaban J connectivity index is 5.09. The van der Waals surface area contributed by atoms with Crippen molar-refractivity contribution in [3.63, 3.8) is 0 Å². The molecule has 0 aliphatic carbocycles. The van der Waals surface area contributed by atoms with Crippen LogP contribution in [0.25, 0.3) is 0 Å². The van der Waals surface area contributed by atoms with E-state index in [-0.39, 0.29) is 6.61 Å². The van der Waals surface area contributed by atoms with Gasteiger partial charge in [0, 0.05) is 6.92 Å². The Bertz CT molecular complexity index is 357. The van der Waals surface area contributed by atoms with Crippen LogP contribution in [0.5, 0.6) is 0 Å². The lowest BCUT2D eigenvalue weighted by molar-refractivity contribution is -0.185. The maximum absolute atomic E-state index is 11.4. The molecule has 0 saturated carbocycles. The number of carboxylic acid groups (broad SMARTS) is 2. The fourth-order valence-electron chi connectivity index (χ4n) is 1.35. The summed E-state index contributed by atoms with van der Waals surface area (Å²) in [7, 11) is 0. The van der Waals surface area contributed by atoms with E-state index in [9.17, 15) is 19.2 Å². The molecule has 0 aromatic carbocycles. The molecule has 0 aromatic rings. The zero-order chi connectivity index (χ0) is 15.1. The predicted molar refractivity (Wildman–Crippen MR) is 60.3 cm³/mol. The standard InChI is InChI=1S/C11H16O8/c1-3-4-18-9(15)6-11(10(16)17,5-8(13)14)19-7(2)12/h3-6H2,1-2H3,(H,13,14)(H,16,17). The van der Waals surface area contributed by atoms with Gasteiger partial charge in [-0.1, -0.05) is 6.92 Å². The van der Waals surface area contributed by atoms with E-state index in [0.29, 0.717) is 6.42 Å². The highest BCUT2D eigenvalue weighted by Gasteiger charge is 2.47. The van der Waals surface area contributed by atoms with Gasteiger partial charge in [0.05, 0.1) is 19.4 Å². The van der Waals surface area contributed by atoms with Crippen molar-refractivity contribution in [1.29, 1.82) is 0 Å². The van der Waals surface area contributed by atoms with Gasteiger partial charge in [-0.15, -0.1) is 0 Å². The number of ether oxygens (including phenoxy) is 2. The van der Waals surface area contributed by atoms with E-state index in [0.717, 1.165) is 6.92 Å². The molecular formula is C11H16O8. The van der Waals surface area contributed by atoms with Crippen molar-refractivity contribution in [3.05, 3.63) is 0 Å². The molecule has 108 valence electrons. The van der Waals surface area contributed by atoms with Crippen molar-refractivity contribution in [2.75, 3.05) is 6.61 Å². The lowest BCUT2D eigenvalue weighted by atomic mass is 9.95. The largest absolute Gasteiger partial charge is 0.481 e. The molecule has 0 radical (unpaired) electrons. The minimum atomic E-state index is -2.44. The molecule has 0 aliphatic rings. The highest BCUT2D eigenvalue weighted by Crippen LogP contribution is 2.23. The first-order valence-corrected chi connectivity index (χ1v) is 5.54. The van der Waals surface area contributed by atoms with Crippen LogP contribution in [0.1, 0.15) is 33.1 Å². The summed E-state index contributed by atoms with van der Waals surface area (Å²) in [6, 6.07) is 0. The molecule has 1 atom stereocenters. The molecule has 19 heavy (non-hydrogen) atoms. The van der Waals surface area contributed by atoms with E-state index in [1.807, 2.05) is 0 Å². The summed E-state index contributed by atoms with van der Waals surface area (Å²) in [5.41, 5.74) is -2.44. The summed E-state index contributed by atoms with van der Waals surface area (Å²) in [5.74, 6) is -5.15. The molecule has 1 unspecified atom stereocenters. The molecule has 0 aromatic heterocycles. The van der Waals surface area contributed by atoms with Crippen LogP contribution >= 0.6 is 0 Å². The third-order valence-electron chi connectivity index (χ3n) is 2.06. The molecule has 0 bridgehead atoms. The van der Waals surface area contributed by atoms with Gasteiger partial charge in [0.25, 0.3) is 0 Å².